The Labute approximate surface area is 73.0 Å². The molecule has 0 unspecified atom stereocenters. The van der Waals surface area contributed by atoms with E-state index in [0.29, 0.717) is 0 Å². The average Bonchev–Trinajstić information content (AvgIpc) is 1.84. The average molecular weight is 171 g/mol. The van der Waals surface area contributed by atoms with Crippen LogP contribution in [-0.2, 0) is 4.79 Å². The van der Waals surface area contributed by atoms with Crippen LogP contribution in [0.25, 0.3) is 0 Å². The Hall–Kier alpha value is -1.06. The molecule has 4 heteroatoms. The second-order valence-corrected chi connectivity index (χ2v) is 2.96. The van der Waals surface area contributed by atoms with Gasteiger partial charge in [-0.25, -0.2) is 0 Å². The molecule has 0 radical (unpaired) electrons. The third-order valence-electron chi connectivity index (χ3n) is 1.48. The minimum absolute atomic E-state index is 0.00799. The predicted molar refractivity (Wildman–Crippen MR) is 49.0 cm³/mol. The number of nitrogens with one attached hydrogen (secondary N) is 2. The van der Waals surface area contributed by atoms with Crippen molar-refractivity contribution < 1.29 is 4.79 Å². The standard InChI is InChI=1S/C8H17N3O/c1-3-4-6(2)11-8(12)5-7(9)10/h6H,3-5H2,1-2H3,(H3,9,10)(H,11,12)/t6-/m1/s1. The Bertz CT molecular complexity index is 168. The maximum absolute atomic E-state index is 11.0. The van der Waals surface area contributed by atoms with Crippen LogP contribution >= 0.6 is 0 Å². The van der Waals surface area contributed by atoms with E-state index >= 15 is 0 Å². The van der Waals surface area contributed by atoms with E-state index in [-0.39, 0.29) is 24.2 Å². The van der Waals surface area contributed by atoms with Gasteiger partial charge in [0.2, 0.25) is 5.91 Å². The zero-order valence-corrected chi connectivity index (χ0v) is 7.68. The summed E-state index contributed by atoms with van der Waals surface area (Å²) in [6.07, 6.45) is 2.01. The van der Waals surface area contributed by atoms with E-state index in [1.807, 2.05) is 6.92 Å². The molecular weight excluding hydrogens is 154 g/mol. The van der Waals surface area contributed by atoms with Gasteiger partial charge in [0.05, 0.1) is 12.3 Å². The molecule has 4 N–H and O–H groups in total. The number of amides is 1. The molecule has 0 aliphatic heterocycles. The van der Waals surface area contributed by atoms with Crippen molar-refractivity contribution in [3.05, 3.63) is 0 Å². The largest absolute Gasteiger partial charge is 0.387 e. The van der Waals surface area contributed by atoms with Crippen LogP contribution in [-0.4, -0.2) is 17.8 Å². The van der Waals surface area contributed by atoms with Crippen molar-refractivity contribution in [3.8, 4) is 0 Å². The predicted octanol–water partition coefficient (Wildman–Crippen LogP) is 0.617. The van der Waals surface area contributed by atoms with Crippen LogP contribution in [0.2, 0.25) is 0 Å². The molecule has 0 aliphatic carbocycles. The van der Waals surface area contributed by atoms with E-state index in [1.165, 1.54) is 0 Å². The molecule has 1 atom stereocenters. The van der Waals surface area contributed by atoms with Crippen LogP contribution in [0.1, 0.15) is 33.1 Å². The minimum Gasteiger partial charge on any atom is -0.387 e. The van der Waals surface area contributed by atoms with Crippen molar-refractivity contribution in [1.29, 1.82) is 5.41 Å². The number of rotatable bonds is 5. The van der Waals surface area contributed by atoms with E-state index < -0.39 is 0 Å². The maximum Gasteiger partial charge on any atom is 0.227 e. The topological polar surface area (TPSA) is 79.0 Å². The summed E-state index contributed by atoms with van der Waals surface area (Å²) in [4.78, 5) is 11.0. The van der Waals surface area contributed by atoms with Gasteiger partial charge in [0.15, 0.2) is 0 Å². The highest BCUT2D eigenvalue weighted by Gasteiger charge is 2.06. The van der Waals surface area contributed by atoms with E-state index in [2.05, 4.69) is 12.2 Å². The molecule has 70 valence electrons. The second kappa shape index (κ2) is 5.57. The molecule has 1 amide bonds. The first kappa shape index (κ1) is 10.9. The summed E-state index contributed by atoms with van der Waals surface area (Å²) in [6.45, 7) is 4.01. The molecule has 0 aromatic heterocycles. The highest BCUT2D eigenvalue weighted by Crippen LogP contribution is 1.94. The van der Waals surface area contributed by atoms with Crippen LogP contribution < -0.4 is 11.1 Å². The molecule has 0 saturated heterocycles. The SMILES string of the molecule is CCC[C@@H](C)NC(=O)CC(=N)N. The number of carbonyl (C=O) groups is 1. The highest BCUT2D eigenvalue weighted by molar-refractivity contribution is 5.97. The van der Waals surface area contributed by atoms with Gasteiger partial charge in [-0.15, -0.1) is 0 Å². The van der Waals surface area contributed by atoms with Crippen molar-refractivity contribution in [2.24, 2.45) is 5.73 Å². The molecule has 0 fully saturated rings. The minimum atomic E-state index is -0.163. The number of hydrogen-bond acceptors (Lipinski definition) is 2. The van der Waals surface area contributed by atoms with Crippen molar-refractivity contribution in [3.63, 3.8) is 0 Å². The maximum atomic E-state index is 11.0. The van der Waals surface area contributed by atoms with Gasteiger partial charge in [0.1, 0.15) is 0 Å². The van der Waals surface area contributed by atoms with Crippen LogP contribution in [0.4, 0.5) is 0 Å². The Balaban J connectivity index is 3.61. The molecule has 0 rings (SSSR count). The zero-order chi connectivity index (χ0) is 9.56. The van der Waals surface area contributed by atoms with Gasteiger partial charge in [-0.3, -0.25) is 10.2 Å². The fourth-order valence-electron chi connectivity index (χ4n) is 1.00. The van der Waals surface area contributed by atoms with Gasteiger partial charge in [-0.1, -0.05) is 13.3 Å². The van der Waals surface area contributed by atoms with E-state index in [4.69, 9.17) is 11.1 Å². The molecule has 0 aromatic carbocycles. The third-order valence-corrected chi connectivity index (χ3v) is 1.48. The quantitative estimate of drug-likeness (QED) is 0.418. The van der Waals surface area contributed by atoms with Gasteiger partial charge in [0, 0.05) is 6.04 Å². The molecule has 4 nitrogen and oxygen atoms in total. The monoisotopic (exact) mass is 171 g/mol. The third kappa shape index (κ3) is 5.70. The van der Waals surface area contributed by atoms with Gasteiger partial charge < -0.3 is 11.1 Å². The Kier molecular flexibility index (Phi) is 5.08. The molecular formula is C8H17N3O. The lowest BCUT2D eigenvalue weighted by Crippen LogP contribution is -2.34. The lowest BCUT2D eigenvalue weighted by Gasteiger charge is -2.11. The van der Waals surface area contributed by atoms with Crippen LogP contribution in [0.15, 0.2) is 0 Å². The first-order valence-corrected chi connectivity index (χ1v) is 4.18. The summed E-state index contributed by atoms with van der Waals surface area (Å²) in [5, 5.41) is 9.64. The summed E-state index contributed by atoms with van der Waals surface area (Å²) >= 11 is 0. The Morgan fingerprint density at radius 2 is 2.25 bits per heavy atom. The second-order valence-electron chi connectivity index (χ2n) is 2.96. The highest BCUT2D eigenvalue weighted by atomic mass is 16.1. The Morgan fingerprint density at radius 1 is 1.67 bits per heavy atom. The molecule has 12 heavy (non-hydrogen) atoms. The van der Waals surface area contributed by atoms with Gasteiger partial charge in [-0.05, 0) is 13.3 Å². The van der Waals surface area contributed by atoms with Crippen molar-refractivity contribution in [2.45, 2.75) is 39.2 Å². The van der Waals surface area contributed by atoms with E-state index in [9.17, 15) is 4.79 Å². The Morgan fingerprint density at radius 3 is 2.67 bits per heavy atom. The number of hydrogen-bond donors (Lipinski definition) is 3. The summed E-state index contributed by atoms with van der Waals surface area (Å²) in [6, 6.07) is 0.182. The fraction of sp³-hybridized carbons (Fsp3) is 0.750. The smallest absolute Gasteiger partial charge is 0.227 e. The summed E-state index contributed by atoms with van der Waals surface area (Å²) in [5.41, 5.74) is 5.07. The molecule has 0 aromatic rings. The zero-order valence-electron chi connectivity index (χ0n) is 7.68. The number of nitrogens with two attached hydrogens (primary N) is 1. The van der Waals surface area contributed by atoms with Crippen LogP contribution in [0, 0.1) is 5.41 Å². The van der Waals surface area contributed by atoms with Gasteiger partial charge in [-0.2, -0.15) is 0 Å². The number of amidine groups is 1. The first-order chi connectivity index (χ1) is 5.56. The summed E-state index contributed by atoms with van der Waals surface area (Å²) < 4.78 is 0. The normalized spacial score (nSPS) is 12.2. The fourth-order valence-corrected chi connectivity index (χ4v) is 1.00. The number of carbonyl (C=O) groups excluding carboxylic acids is 1. The van der Waals surface area contributed by atoms with Gasteiger partial charge in [0.25, 0.3) is 0 Å². The molecule has 0 spiro atoms. The van der Waals surface area contributed by atoms with Crippen LogP contribution in [0.3, 0.4) is 0 Å². The van der Waals surface area contributed by atoms with Crippen LogP contribution in [0.5, 0.6) is 0 Å². The lowest BCUT2D eigenvalue weighted by molar-refractivity contribution is -0.120. The molecule has 0 heterocycles. The molecule has 0 aliphatic rings. The summed E-state index contributed by atoms with van der Waals surface area (Å²) in [7, 11) is 0. The van der Waals surface area contributed by atoms with Crippen molar-refractivity contribution >= 4 is 11.7 Å². The lowest BCUT2D eigenvalue weighted by atomic mass is 10.2. The summed E-state index contributed by atoms with van der Waals surface area (Å²) in [5.74, 6) is -0.250. The van der Waals surface area contributed by atoms with Gasteiger partial charge >= 0.3 is 0 Å². The van der Waals surface area contributed by atoms with Crippen molar-refractivity contribution in [2.75, 3.05) is 0 Å². The first-order valence-electron chi connectivity index (χ1n) is 4.18. The molecule has 0 bridgehead atoms. The molecule has 0 saturated carbocycles. The van der Waals surface area contributed by atoms with E-state index in [0.717, 1.165) is 12.8 Å². The van der Waals surface area contributed by atoms with Crippen molar-refractivity contribution in [1.82, 2.24) is 5.32 Å². The van der Waals surface area contributed by atoms with E-state index in [1.54, 1.807) is 0 Å².